The zero-order chi connectivity index (χ0) is 23.8. The number of benzene rings is 2. The van der Waals surface area contributed by atoms with Gasteiger partial charge >= 0.3 is 0 Å². The first kappa shape index (κ1) is 24.2. The van der Waals surface area contributed by atoms with Gasteiger partial charge in [0.15, 0.2) is 0 Å². The number of anilines is 1. The Morgan fingerprint density at radius 2 is 1.82 bits per heavy atom. The highest BCUT2D eigenvalue weighted by molar-refractivity contribution is 5.68. The molecule has 2 aromatic carbocycles. The average Bonchev–Trinajstić information content (AvgIpc) is 3.56. The third-order valence-electron chi connectivity index (χ3n) is 6.03. The molecule has 0 bridgehead atoms. The molecule has 0 saturated heterocycles. The summed E-state index contributed by atoms with van der Waals surface area (Å²) < 4.78 is 11.4. The van der Waals surface area contributed by atoms with Crippen molar-refractivity contribution in [2.75, 3.05) is 38.3 Å². The van der Waals surface area contributed by atoms with Crippen molar-refractivity contribution in [3.05, 3.63) is 84.4 Å². The minimum atomic E-state index is -0.566. The molecule has 34 heavy (non-hydrogen) atoms. The summed E-state index contributed by atoms with van der Waals surface area (Å²) in [4.78, 5) is 4.43. The number of aliphatic hydroxyl groups is 1. The first-order valence-electron chi connectivity index (χ1n) is 12.0. The van der Waals surface area contributed by atoms with Gasteiger partial charge in [-0.25, -0.2) is 0 Å². The van der Waals surface area contributed by atoms with Gasteiger partial charge in [-0.3, -0.25) is 4.90 Å². The van der Waals surface area contributed by atoms with Crippen LogP contribution < -0.4 is 4.90 Å². The van der Waals surface area contributed by atoms with E-state index in [0.29, 0.717) is 32.2 Å². The van der Waals surface area contributed by atoms with Crippen LogP contribution in [0.2, 0.25) is 0 Å². The molecule has 3 aromatic rings. The maximum Gasteiger partial charge on any atom is 0.232 e. The van der Waals surface area contributed by atoms with E-state index in [-0.39, 0.29) is 0 Å². The number of aliphatic hydroxyl groups excluding tert-OH is 1. The number of hydrogen-bond acceptors (Lipinski definition) is 6. The Morgan fingerprint density at radius 1 is 1.12 bits per heavy atom. The van der Waals surface area contributed by atoms with Crippen molar-refractivity contribution in [3.8, 4) is 11.3 Å². The van der Waals surface area contributed by atoms with Gasteiger partial charge in [-0.1, -0.05) is 71.9 Å². The van der Waals surface area contributed by atoms with Crippen LogP contribution in [-0.2, 0) is 17.8 Å². The molecule has 0 unspecified atom stereocenters. The molecule has 0 amide bonds. The molecule has 0 aliphatic heterocycles. The second-order valence-corrected chi connectivity index (χ2v) is 9.14. The number of aromatic nitrogens is 1. The highest BCUT2D eigenvalue weighted by Crippen LogP contribution is 2.35. The smallest absolute Gasteiger partial charge is 0.232 e. The topological polar surface area (TPSA) is 62.0 Å². The summed E-state index contributed by atoms with van der Waals surface area (Å²) in [6.07, 6.45) is 3.63. The van der Waals surface area contributed by atoms with Gasteiger partial charge < -0.3 is 19.3 Å². The van der Waals surface area contributed by atoms with E-state index >= 15 is 0 Å². The zero-order valence-electron chi connectivity index (χ0n) is 20.0. The maximum atomic E-state index is 10.6. The second kappa shape index (κ2) is 12.0. The lowest BCUT2D eigenvalue weighted by molar-refractivity contribution is 0.0237. The standard InChI is InChI=1S/C28H35N3O3/c1-3-16-33-21-25(32)19-31(18-23-14-15-23)20-26-27(24-12-8-5-9-13-24)29-34-28(26)30(2)17-22-10-6-4-7-11-22/h3-13,23,25,32H,1,14-21H2,2H3/t25-/m0/s1. The summed E-state index contributed by atoms with van der Waals surface area (Å²) in [5.74, 6) is 1.45. The van der Waals surface area contributed by atoms with Gasteiger partial charge in [-0.05, 0) is 24.3 Å². The van der Waals surface area contributed by atoms with Crippen molar-refractivity contribution >= 4 is 5.88 Å². The first-order valence-corrected chi connectivity index (χ1v) is 12.0. The maximum absolute atomic E-state index is 10.6. The van der Waals surface area contributed by atoms with Crippen LogP contribution in [0.4, 0.5) is 5.88 Å². The highest BCUT2D eigenvalue weighted by Gasteiger charge is 2.29. The fourth-order valence-corrected chi connectivity index (χ4v) is 4.23. The normalized spacial score (nSPS) is 14.3. The summed E-state index contributed by atoms with van der Waals surface area (Å²) in [6.45, 7) is 7.26. The Kier molecular flexibility index (Phi) is 8.52. The number of nitrogens with zero attached hydrogens (tertiary/aromatic N) is 3. The van der Waals surface area contributed by atoms with E-state index < -0.39 is 6.10 Å². The van der Waals surface area contributed by atoms with Crippen LogP contribution in [0.15, 0.2) is 77.8 Å². The Labute approximate surface area is 202 Å². The van der Waals surface area contributed by atoms with E-state index in [0.717, 1.165) is 35.8 Å². The van der Waals surface area contributed by atoms with Crippen LogP contribution in [0.3, 0.4) is 0 Å². The largest absolute Gasteiger partial charge is 0.389 e. The van der Waals surface area contributed by atoms with Gasteiger partial charge in [-0.2, -0.15) is 0 Å². The molecule has 1 aliphatic rings. The second-order valence-electron chi connectivity index (χ2n) is 9.14. The fourth-order valence-electron chi connectivity index (χ4n) is 4.23. The summed E-state index contributed by atoms with van der Waals surface area (Å²) in [5.41, 5.74) is 4.14. The summed E-state index contributed by atoms with van der Waals surface area (Å²) in [6, 6.07) is 20.5. The predicted octanol–water partition coefficient (Wildman–Crippen LogP) is 4.75. The van der Waals surface area contributed by atoms with E-state index in [2.05, 4.69) is 45.8 Å². The lowest BCUT2D eigenvalue weighted by atomic mass is 10.1. The molecule has 0 radical (unpaired) electrons. The predicted molar refractivity (Wildman–Crippen MR) is 136 cm³/mol. The molecule has 6 nitrogen and oxygen atoms in total. The molecule has 1 N–H and O–H groups in total. The van der Waals surface area contributed by atoms with E-state index in [1.165, 1.54) is 18.4 Å². The van der Waals surface area contributed by atoms with E-state index in [4.69, 9.17) is 9.26 Å². The molecule has 1 atom stereocenters. The minimum Gasteiger partial charge on any atom is -0.389 e. The van der Waals surface area contributed by atoms with Crippen molar-refractivity contribution < 1.29 is 14.4 Å². The number of rotatable bonds is 14. The van der Waals surface area contributed by atoms with Crippen LogP contribution in [0.25, 0.3) is 11.3 Å². The van der Waals surface area contributed by atoms with Crippen LogP contribution in [0, 0.1) is 5.92 Å². The quantitative estimate of drug-likeness (QED) is 0.276. The number of hydrogen-bond donors (Lipinski definition) is 1. The van der Waals surface area contributed by atoms with Gasteiger partial charge in [0.2, 0.25) is 5.88 Å². The van der Waals surface area contributed by atoms with Crippen LogP contribution in [-0.4, -0.2) is 54.6 Å². The third kappa shape index (κ3) is 6.79. The minimum absolute atomic E-state index is 0.295. The van der Waals surface area contributed by atoms with Crippen molar-refractivity contribution in [1.29, 1.82) is 0 Å². The Hall–Kier alpha value is -2.93. The van der Waals surface area contributed by atoms with Crippen molar-refractivity contribution in [2.45, 2.75) is 32.0 Å². The number of ether oxygens (including phenoxy) is 1. The van der Waals surface area contributed by atoms with Crippen LogP contribution in [0.1, 0.15) is 24.0 Å². The van der Waals surface area contributed by atoms with Gasteiger partial charge in [0.25, 0.3) is 0 Å². The SMILES string of the molecule is C=CCOC[C@@H](O)CN(Cc1c(-c2ccccc2)noc1N(C)Cc1ccccc1)CC1CC1. The summed E-state index contributed by atoms with van der Waals surface area (Å²) in [5, 5.41) is 15.1. The summed E-state index contributed by atoms with van der Waals surface area (Å²) >= 11 is 0. The van der Waals surface area contributed by atoms with Crippen LogP contribution in [0.5, 0.6) is 0 Å². The highest BCUT2D eigenvalue weighted by atomic mass is 16.5. The Balaban J connectivity index is 1.58. The Morgan fingerprint density at radius 3 is 2.50 bits per heavy atom. The molecule has 4 rings (SSSR count). The Bertz CT molecular complexity index is 1020. The molecule has 6 heteroatoms. The van der Waals surface area contributed by atoms with Crippen molar-refractivity contribution in [1.82, 2.24) is 10.1 Å². The first-order chi connectivity index (χ1) is 16.6. The van der Waals surface area contributed by atoms with Gasteiger partial charge in [0.1, 0.15) is 5.69 Å². The van der Waals surface area contributed by atoms with Gasteiger partial charge in [-0.15, -0.1) is 6.58 Å². The molecule has 180 valence electrons. The lowest BCUT2D eigenvalue weighted by Crippen LogP contribution is -2.36. The van der Waals surface area contributed by atoms with Crippen LogP contribution >= 0.6 is 0 Å². The molecule has 1 saturated carbocycles. The monoisotopic (exact) mass is 461 g/mol. The third-order valence-corrected chi connectivity index (χ3v) is 6.03. The van der Waals surface area contributed by atoms with E-state index in [1.807, 2.05) is 43.4 Å². The molecular weight excluding hydrogens is 426 g/mol. The lowest BCUT2D eigenvalue weighted by Gasteiger charge is -2.26. The van der Waals surface area contributed by atoms with Gasteiger partial charge in [0.05, 0.1) is 24.9 Å². The summed E-state index contributed by atoms with van der Waals surface area (Å²) in [7, 11) is 2.04. The zero-order valence-corrected chi connectivity index (χ0v) is 20.0. The van der Waals surface area contributed by atoms with E-state index in [9.17, 15) is 5.11 Å². The molecule has 1 aliphatic carbocycles. The van der Waals surface area contributed by atoms with E-state index in [1.54, 1.807) is 6.08 Å². The molecular formula is C28H35N3O3. The molecule has 1 aromatic heterocycles. The molecule has 0 spiro atoms. The average molecular weight is 462 g/mol. The van der Waals surface area contributed by atoms with Gasteiger partial charge in [0, 0.05) is 38.8 Å². The van der Waals surface area contributed by atoms with Crippen molar-refractivity contribution in [3.63, 3.8) is 0 Å². The van der Waals surface area contributed by atoms with Crippen molar-refractivity contribution in [2.24, 2.45) is 5.92 Å². The molecule has 1 heterocycles. The molecule has 1 fully saturated rings. The fraction of sp³-hybridized carbons (Fsp3) is 0.393.